The SMILES string of the molecule is O=C(O)[C@@H]1CC(c2ccccn2)=NO1. The molecule has 0 saturated heterocycles. The van der Waals surface area contributed by atoms with E-state index < -0.39 is 12.1 Å². The van der Waals surface area contributed by atoms with Crippen LogP contribution in [0.2, 0.25) is 0 Å². The predicted molar refractivity (Wildman–Crippen MR) is 47.9 cm³/mol. The molecular weight excluding hydrogens is 184 g/mol. The summed E-state index contributed by atoms with van der Waals surface area (Å²) in [5.74, 6) is -1.00. The van der Waals surface area contributed by atoms with Gasteiger partial charge in [-0.05, 0) is 12.1 Å². The van der Waals surface area contributed by atoms with Crippen LogP contribution in [-0.4, -0.2) is 27.9 Å². The first-order valence-electron chi connectivity index (χ1n) is 4.14. The van der Waals surface area contributed by atoms with Crippen LogP contribution in [0.15, 0.2) is 29.6 Å². The first-order chi connectivity index (χ1) is 6.77. The van der Waals surface area contributed by atoms with Crippen molar-refractivity contribution >= 4 is 11.7 Å². The highest BCUT2D eigenvalue weighted by atomic mass is 16.7. The van der Waals surface area contributed by atoms with Gasteiger partial charge in [-0.25, -0.2) is 4.79 Å². The monoisotopic (exact) mass is 192 g/mol. The van der Waals surface area contributed by atoms with Crippen molar-refractivity contribution in [2.24, 2.45) is 5.16 Å². The number of hydrogen-bond acceptors (Lipinski definition) is 4. The molecule has 0 aromatic carbocycles. The van der Waals surface area contributed by atoms with Crippen molar-refractivity contribution in [3.63, 3.8) is 0 Å². The van der Waals surface area contributed by atoms with Gasteiger partial charge in [-0.1, -0.05) is 11.2 Å². The van der Waals surface area contributed by atoms with E-state index in [2.05, 4.69) is 10.1 Å². The van der Waals surface area contributed by atoms with Gasteiger partial charge in [0.2, 0.25) is 6.10 Å². The van der Waals surface area contributed by atoms with E-state index in [0.29, 0.717) is 11.4 Å². The van der Waals surface area contributed by atoms with Gasteiger partial charge < -0.3 is 9.94 Å². The minimum Gasteiger partial charge on any atom is -0.478 e. The van der Waals surface area contributed by atoms with Crippen molar-refractivity contribution in [3.05, 3.63) is 30.1 Å². The molecule has 0 unspecified atom stereocenters. The summed E-state index contributed by atoms with van der Waals surface area (Å²) < 4.78 is 0. The molecule has 5 heteroatoms. The second kappa shape index (κ2) is 3.45. The quantitative estimate of drug-likeness (QED) is 0.747. The molecular formula is C9H8N2O3. The molecule has 2 heterocycles. The number of aromatic nitrogens is 1. The van der Waals surface area contributed by atoms with Crippen LogP contribution in [0, 0.1) is 0 Å². The molecule has 0 radical (unpaired) electrons. The average molecular weight is 192 g/mol. The zero-order chi connectivity index (χ0) is 9.97. The number of carboxylic acids is 1. The molecule has 1 aliphatic rings. The second-order valence-corrected chi connectivity index (χ2v) is 2.89. The summed E-state index contributed by atoms with van der Waals surface area (Å²) >= 11 is 0. The fraction of sp³-hybridized carbons (Fsp3) is 0.222. The van der Waals surface area contributed by atoms with Crippen molar-refractivity contribution < 1.29 is 14.7 Å². The number of aliphatic carboxylic acids is 1. The Balaban J connectivity index is 2.13. The van der Waals surface area contributed by atoms with Crippen LogP contribution in [0.25, 0.3) is 0 Å². The van der Waals surface area contributed by atoms with Gasteiger partial charge in [0.15, 0.2) is 0 Å². The minimum atomic E-state index is -1.00. The predicted octanol–water partition coefficient (Wildman–Crippen LogP) is 0.659. The lowest BCUT2D eigenvalue weighted by Crippen LogP contribution is -2.20. The fourth-order valence-corrected chi connectivity index (χ4v) is 1.19. The maximum absolute atomic E-state index is 10.6. The normalized spacial score (nSPS) is 20.0. The lowest BCUT2D eigenvalue weighted by Gasteiger charge is -1.99. The number of rotatable bonds is 2. The molecule has 0 fully saturated rings. The number of carbonyl (C=O) groups is 1. The molecule has 0 aliphatic carbocycles. The zero-order valence-electron chi connectivity index (χ0n) is 7.25. The van der Waals surface area contributed by atoms with Crippen molar-refractivity contribution in [1.29, 1.82) is 0 Å². The van der Waals surface area contributed by atoms with Crippen LogP contribution in [0.5, 0.6) is 0 Å². The van der Waals surface area contributed by atoms with Gasteiger partial charge in [0.1, 0.15) is 5.71 Å². The number of pyridine rings is 1. The van der Waals surface area contributed by atoms with Crippen LogP contribution >= 0.6 is 0 Å². The smallest absolute Gasteiger partial charge is 0.348 e. The Hall–Kier alpha value is -1.91. The van der Waals surface area contributed by atoms with Gasteiger partial charge in [0.05, 0.1) is 5.69 Å². The molecule has 0 bridgehead atoms. The van der Waals surface area contributed by atoms with Gasteiger partial charge in [-0.2, -0.15) is 0 Å². The lowest BCUT2D eigenvalue weighted by atomic mass is 10.1. The molecule has 0 saturated carbocycles. The van der Waals surface area contributed by atoms with Crippen LogP contribution in [0.3, 0.4) is 0 Å². The molecule has 2 rings (SSSR count). The van der Waals surface area contributed by atoms with Crippen LogP contribution < -0.4 is 0 Å². The summed E-state index contributed by atoms with van der Waals surface area (Å²) in [4.78, 5) is 19.3. The Kier molecular flexibility index (Phi) is 2.14. The van der Waals surface area contributed by atoms with Gasteiger partial charge >= 0.3 is 5.97 Å². The van der Waals surface area contributed by atoms with Gasteiger partial charge in [-0.3, -0.25) is 4.98 Å². The van der Waals surface area contributed by atoms with E-state index in [9.17, 15) is 4.79 Å². The van der Waals surface area contributed by atoms with E-state index in [1.165, 1.54) is 0 Å². The highest BCUT2D eigenvalue weighted by Crippen LogP contribution is 2.14. The first-order valence-corrected chi connectivity index (χ1v) is 4.14. The number of nitrogens with zero attached hydrogens (tertiary/aromatic N) is 2. The summed E-state index contributed by atoms with van der Waals surface area (Å²) in [6.07, 6.45) is 1.03. The van der Waals surface area contributed by atoms with Crippen LogP contribution in [0.4, 0.5) is 0 Å². The molecule has 0 amide bonds. The summed E-state index contributed by atoms with van der Waals surface area (Å²) in [6.45, 7) is 0. The molecule has 0 spiro atoms. The third kappa shape index (κ3) is 1.56. The van der Waals surface area contributed by atoms with E-state index in [4.69, 9.17) is 9.94 Å². The van der Waals surface area contributed by atoms with Gasteiger partial charge in [0, 0.05) is 12.6 Å². The molecule has 1 aliphatic heterocycles. The first kappa shape index (κ1) is 8.68. The third-order valence-electron chi connectivity index (χ3n) is 1.90. The van der Waals surface area contributed by atoms with E-state index in [1.807, 2.05) is 6.07 Å². The molecule has 5 nitrogen and oxygen atoms in total. The summed E-state index contributed by atoms with van der Waals surface area (Å²) in [5.41, 5.74) is 1.24. The van der Waals surface area contributed by atoms with E-state index in [-0.39, 0.29) is 6.42 Å². The van der Waals surface area contributed by atoms with Crippen LogP contribution in [-0.2, 0) is 9.63 Å². The highest BCUT2D eigenvalue weighted by Gasteiger charge is 2.28. The zero-order valence-corrected chi connectivity index (χ0v) is 7.25. The summed E-state index contributed by atoms with van der Waals surface area (Å²) in [5, 5.41) is 12.3. The minimum absolute atomic E-state index is 0.270. The Bertz CT molecular complexity index is 375. The van der Waals surface area contributed by atoms with Crippen molar-refractivity contribution in [3.8, 4) is 0 Å². The number of hydrogen-bond donors (Lipinski definition) is 1. The topological polar surface area (TPSA) is 71.8 Å². The molecule has 1 atom stereocenters. The Morgan fingerprint density at radius 1 is 1.57 bits per heavy atom. The number of carboxylic acid groups (broad SMARTS) is 1. The maximum Gasteiger partial charge on any atom is 0.348 e. The highest BCUT2D eigenvalue weighted by molar-refractivity contribution is 6.01. The van der Waals surface area contributed by atoms with E-state index in [0.717, 1.165) is 0 Å². The van der Waals surface area contributed by atoms with Gasteiger partial charge in [-0.15, -0.1) is 0 Å². The van der Waals surface area contributed by atoms with E-state index >= 15 is 0 Å². The molecule has 72 valence electrons. The van der Waals surface area contributed by atoms with Crippen molar-refractivity contribution in [1.82, 2.24) is 4.98 Å². The second-order valence-electron chi connectivity index (χ2n) is 2.89. The Labute approximate surface area is 80.0 Å². The van der Waals surface area contributed by atoms with E-state index in [1.54, 1.807) is 18.3 Å². The van der Waals surface area contributed by atoms with Crippen molar-refractivity contribution in [2.45, 2.75) is 12.5 Å². The Morgan fingerprint density at radius 3 is 3.00 bits per heavy atom. The summed E-state index contributed by atoms with van der Waals surface area (Å²) in [6, 6.07) is 5.37. The van der Waals surface area contributed by atoms with Crippen molar-refractivity contribution in [2.75, 3.05) is 0 Å². The third-order valence-corrected chi connectivity index (χ3v) is 1.90. The molecule has 14 heavy (non-hydrogen) atoms. The average Bonchev–Trinajstić information content (AvgIpc) is 2.68. The molecule has 1 N–H and O–H groups in total. The molecule has 1 aromatic rings. The maximum atomic E-state index is 10.6. The fourth-order valence-electron chi connectivity index (χ4n) is 1.19. The lowest BCUT2D eigenvalue weighted by molar-refractivity contribution is -0.148. The standard InChI is InChI=1S/C9H8N2O3/c12-9(13)8-5-7(11-14-8)6-3-1-2-4-10-6/h1-4,8H,5H2,(H,12,13)/t8-/m0/s1. The largest absolute Gasteiger partial charge is 0.478 e. The van der Waals surface area contributed by atoms with Crippen LogP contribution in [0.1, 0.15) is 12.1 Å². The Morgan fingerprint density at radius 2 is 2.43 bits per heavy atom. The summed E-state index contributed by atoms with van der Waals surface area (Å²) in [7, 11) is 0. The molecule has 1 aromatic heterocycles. The number of oxime groups is 1. The van der Waals surface area contributed by atoms with Gasteiger partial charge in [0.25, 0.3) is 0 Å².